The fourth-order valence-corrected chi connectivity index (χ4v) is 2.95. The molecule has 2 aromatic carbocycles. The summed E-state index contributed by atoms with van der Waals surface area (Å²) in [5.74, 6) is 0. The summed E-state index contributed by atoms with van der Waals surface area (Å²) in [5.41, 5.74) is 9.08. The summed E-state index contributed by atoms with van der Waals surface area (Å²) >= 11 is 0. The van der Waals surface area contributed by atoms with Crippen LogP contribution in [0.1, 0.15) is 33.4 Å². The fourth-order valence-electron chi connectivity index (χ4n) is 2.95. The molecule has 0 spiro atoms. The zero-order valence-electron chi connectivity index (χ0n) is 10.6. The lowest BCUT2D eigenvalue weighted by Crippen LogP contribution is -1.97. The van der Waals surface area contributed by atoms with Gasteiger partial charge in [-0.15, -0.1) is 0 Å². The van der Waals surface area contributed by atoms with Crippen molar-refractivity contribution in [2.24, 2.45) is 0 Å². The largest absolute Gasteiger partial charge is 0.0617 e. The van der Waals surface area contributed by atoms with E-state index in [4.69, 9.17) is 0 Å². The monoisotopic (exact) mass is 222 g/mol. The summed E-state index contributed by atoms with van der Waals surface area (Å²) in [7, 11) is 0. The molecule has 0 unspecified atom stereocenters. The highest BCUT2D eigenvalue weighted by atomic mass is 14.2. The average molecular weight is 222 g/mol. The first-order valence-electron chi connectivity index (χ1n) is 6.40. The van der Waals surface area contributed by atoms with E-state index in [-0.39, 0.29) is 0 Å². The Hall–Kier alpha value is -1.56. The van der Waals surface area contributed by atoms with Crippen LogP contribution < -0.4 is 0 Å². The van der Waals surface area contributed by atoms with Gasteiger partial charge in [0.25, 0.3) is 0 Å². The van der Waals surface area contributed by atoms with Crippen LogP contribution in [0.15, 0.2) is 36.4 Å². The minimum absolute atomic E-state index is 1.12. The third kappa shape index (κ3) is 1.78. The van der Waals surface area contributed by atoms with Crippen LogP contribution in [0.5, 0.6) is 0 Å². The molecule has 0 aliphatic heterocycles. The molecule has 0 heterocycles. The third-order valence-electron chi connectivity index (χ3n) is 4.03. The highest BCUT2D eigenvalue weighted by molar-refractivity contribution is 5.46. The lowest BCUT2D eigenvalue weighted by molar-refractivity contribution is 0.961. The number of benzene rings is 2. The molecular weight excluding hydrogens is 204 g/mol. The van der Waals surface area contributed by atoms with E-state index in [1.54, 1.807) is 22.3 Å². The SMILES string of the molecule is Cc1cccc2c1Cc1c(C)cccc1CC2. The Morgan fingerprint density at radius 3 is 1.65 bits per heavy atom. The van der Waals surface area contributed by atoms with Crippen LogP contribution >= 0.6 is 0 Å². The molecule has 3 rings (SSSR count). The second kappa shape index (κ2) is 4.03. The van der Waals surface area contributed by atoms with Gasteiger partial charge >= 0.3 is 0 Å². The van der Waals surface area contributed by atoms with E-state index in [1.807, 2.05) is 0 Å². The molecule has 2 aromatic rings. The van der Waals surface area contributed by atoms with Crippen molar-refractivity contribution >= 4 is 0 Å². The highest BCUT2D eigenvalue weighted by Gasteiger charge is 2.15. The van der Waals surface area contributed by atoms with Crippen molar-refractivity contribution in [2.75, 3.05) is 0 Å². The summed E-state index contributed by atoms with van der Waals surface area (Å²) < 4.78 is 0. The van der Waals surface area contributed by atoms with Gasteiger partial charge in [-0.05, 0) is 66.5 Å². The summed E-state index contributed by atoms with van der Waals surface area (Å²) in [4.78, 5) is 0. The van der Waals surface area contributed by atoms with Gasteiger partial charge in [-0.25, -0.2) is 0 Å². The minimum atomic E-state index is 1.12. The molecule has 1 aliphatic rings. The Bertz CT molecular complexity index is 513. The zero-order valence-corrected chi connectivity index (χ0v) is 10.6. The van der Waals surface area contributed by atoms with Crippen LogP contribution in [-0.2, 0) is 19.3 Å². The molecule has 0 atom stereocenters. The van der Waals surface area contributed by atoms with Crippen molar-refractivity contribution < 1.29 is 0 Å². The lowest BCUT2D eigenvalue weighted by atomic mass is 9.94. The van der Waals surface area contributed by atoms with Gasteiger partial charge in [-0.2, -0.15) is 0 Å². The average Bonchev–Trinajstić information content (AvgIpc) is 2.51. The Labute approximate surface area is 103 Å². The smallest absolute Gasteiger partial charge is 0.00151 e. The molecule has 0 fully saturated rings. The lowest BCUT2D eigenvalue weighted by Gasteiger charge is -2.11. The maximum absolute atomic E-state index is 2.30. The van der Waals surface area contributed by atoms with Crippen LogP contribution in [0.3, 0.4) is 0 Å². The van der Waals surface area contributed by atoms with Crippen molar-refractivity contribution in [1.82, 2.24) is 0 Å². The molecule has 0 radical (unpaired) electrons. The first kappa shape index (κ1) is 10.6. The van der Waals surface area contributed by atoms with Gasteiger partial charge in [0.15, 0.2) is 0 Å². The Morgan fingerprint density at radius 1 is 0.706 bits per heavy atom. The molecule has 0 saturated heterocycles. The highest BCUT2D eigenvalue weighted by Crippen LogP contribution is 2.28. The topological polar surface area (TPSA) is 0 Å². The maximum atomic E-state index is 2.30. The molecule has 0 nitrogen and oxygen atoms in total. The van der Waals surface area contributed by atoms with Crippen LogP contribution in [0.4, 0.5) is 0 Å². The molecule has 0 N–H and O–H groups in total. The first-order chi connectivity index (χ1) is 8.25. The van der Waals surface area contributed by atoms with Crippen LogP contribution in [-0.4, -0.2) is 0 Å². The third-order valence-corrected chi connectivity index (χ3v) is 4.03. The second-order valence-corrected chi connectivity index (χ2v) is 5.10. The zero-order chi connectivity index (χ0) is 11.8. The van der Waals surface area contributed by atoms with Gasteiger partial charge in [0.05, 0.1) is 0 Å². The van der Waals surface area contributed by atoms with Crippen molar-refractivity contribution in [2.45, 2.75) is 33.1 Å². The molecule has 1 aliphatic carbocycles. The van der Waals surface area contributed by atoms with Crippen molar-refractivity contribution in [3.05, 3.63) is 69.8 Å². The van der Waals surface area contributed by atoms with E-state index in [0.717, 1.165) is 6.42 Å². The maximum Gasteiger partial charge on any atom is -0.00151 e. The van der Waals surface area contributed by atoms with Crippen LogP contribution in [0, 0.1) is 13.8 Å². The van der Waals surface area contributed by atoms with Gasteiger partial charge in [-0.1, -0.05) is 36.4 Å². The molecule has 17 heavy (non-hydrogen) atoms. The fraction of sp³-hybridized carbons (Fsp3) is 0.294. The van der Waals surface area contributed by atoms with Gasteiger partial charge in [-0.3, -0.25) is 0 Å². The van der Waals surface area contributed by atoms with Crippen LogP contribution in [0.2, 0.25) is 0 Å². The molecule has 86 valence electrons. The molecule has 0 saturated carbocycles. The standard InChI is InChI=1S/C17H18/c1-12-5-3-7-14-9-10-15-8-4-6-13(2)17(15)11-16(12)14/h3-8H,9-11H2,1-2H3. The predicted molar refractivity (Wildman–Crippen MR) is 72.6 cm³/mol. The molecule has 0 aromatic heterocycles. The number of hydrogen-bond donors (Lipinski definition) is 0. The molecule has 0 heteroatoms. The normalized spacial score (nSPS) is 13.8. The number of hydrogen-bond acceptors (Lipinski definition) is 0. The minimum Gasteiger partial charge on any atom is -0.0617 e. The summed E-state index contributed by atoms with van der Waals surface area (Å²) in [5, 5.41) is 0. The van der Waals surface area contributed by atoms with Crippen molar-refractivity contribution in [3.8, 4) is 0 Å². The van der Waals surface area contributed by atoms with E-state index in [9.17, 15) is 0 Å². The number of rotatable bonds is 0. The molecule has 0 bridgehead atoms. The Kier molecular flexibility index (Phi) is 2.51. The summed E-state index contributed by atoms with van der Waals surface area (Å²) in [6, 6.07) is 13.4. The van der Waals surface area contributed by atoms with Crippen LogP contribution in [0.25, 0.3) is 0 Å². The quantitative estimate of drug-likeness (QED) is 0.632. The van der Waals surface area contributed by atoms with E-state index in [0.29, 0.717) is 0 Å². The second-order valence-electron chi connectivity index (χ2n) is 5.10. The Balaban J connectivity index is 2.17. The summed E-state index contributed by atoms with van der Waals surface area (Å²) in [6.45, 7) is 4.48. The Morgan fingerprint density at radius 2 is 1.18 bits per heavy atom. The number of fused-ring (bicyclic) bond motifs is 2. The molecular formula is C17H18. The first-order valence-corrected chi connectivity index (χ1v) is 6.40. The van der Waals surface area contributed by atoms with Crippen molar-refractivity contribution in [3.63, 3.8) is 0 Å². The van der Waals surface area contributed by atoms with Gasteiger partial charge in [0.2, 0.25) is 0 Å². The number of aryl methyl sites for hydroxylation is 4. The van der Waals surface area contributed by atoms with E-state index < -0.39 is 0 Å². The van der Waals surface area contributed by atoms with E-state index >= 15 is 0 Å². The molecule has 0 amide bonds. The van der Waals surface area contributed by atoms with Gasteiger partial charge in [0.1, 0.15) is 0 Å². The summed E-state index contributed by atoms with van der Waals surface area (Å²) in [6.07, 6.45) is 3.49. The van der Waals surface area contributed by atoms with Crippen molar-refractivity contribution in [1.29, 1.82) is 0 Å². The van der Waals surface area contributed by atoms with Gasteiger partial charge < -0.3 is 0 Å². The van der Waals surface area contributed by atoms with E-state index in [2.05, 4.69) is 50.2 Å². The predicted octanol–water partition coefficient (Wildman–Crippen LogP) is 3.99. The van der Waals surface area contributed by atoms with Gasteiger partial charge in [0, 0.05) is 0 Å². The van der Waals surface area contributed by atoms with E-state index in [1.165, 1.54) is 24.0 Å².